The normalized spacial score (nSPS) is 21.4. The molecule has 1 atom stereocenters. The first-order valence-corrected chi connectivity index (χ1v) is 9.43. The number of aromatic nitrogens is 1. The molecule has 3 rings (SSSR count). The second-order valence-electron chi connectivity index (χ2n) is 6.57. The summed E-state index contributed by atoms with van der Waals surface area (Å²) < 4.78 is 0. The Morgan fingerprint density at radius 2 is 1.96 bits per heavy atom. The number of anilines is 1. The largest absolute Gasteiger partial charge is 0.352 e. The lowest BCUT2D eigenvalue weighted by atomic mass is 10.00. The minimum absolute atomic E-state index is 0.0805. The molecular formula is C18H25ClN4O2. The summed E-state index contributed by atoms with van der Waals surface area (Å²) in [5.74, 6) is 0.946. The Kier molecular flexibility index (Phi) is 5.78. The molecule has 2 aliphatic heterocycles. The van der Waals surface area contributed by atoms with Gasteiger partial charge in [-0.15, -0.1) is 0 Å². The molecule has 136 valence electrons. The highest BCUT2D eigenvalue weighted by molar-refractivity contribution is 6.32. The summed E-state index contributed by atoms with van der Waals surface area (Å²) in [6.07, 6.45) is 4.95. The van der Waals surface area contributed by atoms with E-state index >= 15 is 0 Å². The number of piperazine rings is 1. The van der Waals surface area contributed by atoms with E-state index in [0.29, 0.717) is 44.2 Å². The molecule has 3 heterocycles. The molecule has 2 aliphatic rings. The SMILES string of the molecule is CCC(=O)N1CCCCC1C(=O)N1CCN(c2ncccc2Cl)CC1. The highest BCUT2D eigenvalue weighted by atomic mass is 35.5. The maximum Gasteiger partial charge on any atom is 0.245 e. The van der Waals surface area contributed by atoms with Crippen molar-refractivity contribution in [3.05, 3.63) is 23.4 Å². The van der Waals surface area contributed by atoms with Gasteiger partial charge < -0.3 is 14.7 Å². The summed E-state index contributed by atoms with van der Waals surface area (Å²) in [7, 11) is 0. The average Bonchev–Trinajstić information content (AvgIpc) is 2.67. The zero-order chi connectivity index (χ0) is 17.8. The molecule has 0 radical (unpaired) electrons. The van der Waals surface area contributed by atoms with Gasteiger partial charge in [-0.3, -0.25) is 9.59 Å². The van der Waals surface area contributed by atoms with Crippen molar-refractivity contribution >= 4 is 29.2 Å². The van der Waals surface area contributed by atoms with E-state index < -0.39 is 0 Å². The Labute approximate surface area is 153 Å². The van der Waals surface area contributed by atoms with Crippen LogP contribution in [0, 0.1) is 0 Å². The fourth-order valence-corrected chi connectivity index (χ4v) is 3.89. The van der Waals surface area contributed by atoms with E-state index in [4.69, 9.17) is 11.6 Å². The Bertz CT molecular complexity index is 631. The van der Waals surface area contributed by atoms with Crippen LogP contribution in [0.25, 0.3) is 0 Å². The van der Waals surface area contributed by atoms with E-state index in [9.17, 15) is 9.59 Å². The predicted octanol–water partition coefficient (Wildman–Crippen LogP) is 2.17. The fourth-order valence-electron chi connectivity index (χ4n) is 3.65. The van der Waals surface area contributed by atoms with E-state index in [0.717, 1.165) is 25.1 Å². The first-order valence-electron chi connectivity index (χ1n) is 9.05. The van der Waals surface area contributed by atoms with E-state index in [2.05, 4.69) is 9.88 Å². The topological polar surface area (TPSA) is 56.8 Å². The number of rotatable bonds is 3. The molecule has 1 aromatic rings. The van der Waals surface area contributed by atoms with Crippen LogP contribution in [0.4, 0.5) is 5.82 Å². The quantitative estimate of drug-likeness (QED) is 0.824. The Morgan fingerprint density at radius 1 is 1.20 bits per heavy atom. The van der Waals surface area contributed by atoms with Crippen molar-refractivity contribution in [1.82, 2.24) is 14.8 Å². The first-order chi connectivity index (χ1) is 12.1. The molecule has 0 N–H and O–H groups in total. The zero-order valence-electron chi connectivity index (χ0n) is 14.7. The number of hydrogen-bond donors (Lipinski definition) is 0. The summed E-state index contributed by atoms with van der Waals surface area (Å²) >= 11 is 6.22. The molecule has 0 spiro atoms. The van der Waals surface area contributed by atoms with Crippen LogP contribution in [0.3, 0.4) is 0 Å². The highest BCUT2D eigenvalue weighted by Crippen LogP contribution is 2.25. The van der Waals surface area contributed by atoms with Crippen LogP contribution in [-0.2, 0) is 9.59 Å². The Hall–Kier alpha value is -1.82. The minimum Gasteiger partial charge on any atom is -0.352 e. The standard InChI is InChI=1S/C18H25ClN4O2/c1-2-16(24)23-9-4-3-7-15(23)18(25)22-12-10-21(11-13-22)17-14(19)6-5-8-20-17/h5-6,8,15H,2-4,7,9-13H2,1H3. The molecule has 0 aromatic carbocycles. The van der Waals surface area contributed by atoms with Crippen molar-refractivity contribution < 1.29 is 9.59 Å². The smallest absolute Gasteiger partial charge is 0.245 e. The summed E-state index contributed by atoms with van der Waals surface area (Å²) in [5, 5.41) is 0.634. The van der Waals surface area contributed by atoms with Crippen molar-refractivity contribution in [2.24, 2.45) is 0 Å². The summed E-state index contributed by atoms with van der Waals surface area (Å²) in [6, 6.07) is 3.36. The van der Waals surface area contributed by atoms with Crippen molar-refractivity contribution in [1.29, 1.82) is 0 Å². The highest BCUT2D eigenvalue weighted by Gasteiger charge is 2.35. The van der Waals surface area contributed by atoms with Crippen LogP contribution in [0.1, 0.15) is 32.6 Å². The fraction of sp³-hybridized carbons (Fsp3) is 0.611. The molecule has 2 fully saturated rings. The number of amides is 2. The first kappa shape index (κ1) is 18.0. The van der Waals surface area contributed by atoms with Crippen molar-refractivity contribution in [3.8, 4) is 0 Å². The van der Waals surface area contributed by atoms with E-state index in [1.54, 1.807) is 11.1 Å². The van der Waals surface area contributed by atoms with Crippen molar-refractivity contribution in [3.63, 3.8) is 0 Å². The minimum atomic E-state index is -0.286. The third-order valence-corrected chi connectivity index (χ3v) is 5.34. The molecule has 1 unspecified atom stereocenters. The molecule has 1 aromatic heterocycles. The zero-order valence-corrected chi connectivity index (χ0v) is 15.4. The predicted molar refractivity (Wildman–Crippen MR) is 97.7 cm³/mol. The van der Waals surface area contributed by atoms with Crippen LogP contribution in [-0.4, -0.2) is 65.4 Å². The van der Waals surface area contributed by atoms with E-state index in [-0.39, 0.29) is 17.9 Å². The molecule has 2 saturated heterocycles. The third-order valence-electron chi connectivity index (χ3n) is 5.04. The van der Waals surface area contributed by atoms with Gasteiger partial charge in [0.15, 0.2) is 0 Å². The molecule has 6 nitrogen and oxygen atoms in total. The number of pyridine rings is 1. The van der Waals surface area contributed by atoms with Crippen LogP contribution in [0.15, 0.2) is 18.3 Å². The molecule has 0 bridgehead atoms. The van der Waals surface area contributed by atoms with Gasteiger partial charge in [0.05, 0.1) is 5.02 Å². The van der Waals surface area contributed by atoms with Gasteiger partial charge in [-0.2, -0.15) is 0 Å². The van der Waals surface area contributed by atoms with Gasteiger partial charge in [-0.05, 0) is 31.4 Å². The van der Waals surface area contributed by atoms with Gasteiger partial charge in [0.25, 0.3) is 0 Å². The molecule has 25 heavy (non-hydrogen) atoms. The van der Waals surface area contributed by atoms with Crippen LogP contribution < -0.4 is 4.90 Å². The lowest BCUT2D eigenvalue weighted by molar-refractivity contribution is -0.147. The van der Waals surface area contributed by atoms with Crippen LogP contribution in [0.2, 0.25) is 5.02 Å². The molecule has 0 saturated carbocycles. The Morgan fingerprint density at radius 3 is 2.64 bits per heavy atom. The third kappa shape index (κ3) is 3.89. The lowest BCUT2D eigenvalue weighted by Crippen LogP contribution is -2.57. The van der Waals surface area contributed by atoms with Gasteiger partial charge in [0, 0.05) is 45.3 Å². The number of likely N-dealkylation sites (tertiary alicyclic amines) is 1. The van der Waals surface area contributed by atoms with Crippen molar-refractivity contribution in [2.45, 2.75) is 38.6 Å². The van der Waals surface area contributed by atoms with Gasteiger partial charge in [-0.25, -0.2) is 4.98 Å². The monoisotopic (exact) mass is 364 g/mol. The molecule has 0 aliphatic carbocycles. The number of hydrogen-bond acceptors (Lipinski definition) is 4. The Balaban J connectivity index is 1.63. The lowest BCUT2D eigenvalue weighted by Gasteiger charge is -2.41. The van der Waals surface area contributed by atoms with Gasteiger partial charge in [0.2, 0.25) is 11.8 Å². The summed E-state index contributed by atoms with van der Waals surface area (Å²) in [5.41, 5.74) is 0. The van der Waals surface area contributed by atoms with Crippen LogP contribution in [0.5, 0.6) is 0 Å². The second-order valence-corrected chi connectivity index (χ2v) is 6.98. The average molecular weight is 365 g/mol. The van der Waals surface area contributed by atoms with Crippen LogP contribution >= 0.6 is 11.6 Å². The second kappa shape index (κ2) is 8.04. The van der Waals surface area contributed by atoms with Gasteiger partial charge in [0.1, 0.15) is 11.9 Å². The number of nitrogens with zero attached hydrogens (tertiary/aromatic N) is 4. The molecule has 2 amide bonds. The molecule has 7 heteroatoms. The van der Waals surface area contributed by atoms with Gasteiger partial charge >= 0.3 is 0 Å². The van der Waals surface area contributed by atoms with Crippen molar-refractivity contribution in [2.75, 3.05) is 37.6 Å². The number of halogens is 1. The number of carbonyl (C=O) groups is 2. The number of piperidine rings is 1. The number of carbonyl (C=O) groups excluding carboxylic acids is 2. The summed E-state index contributed by atoms with van der Waals surface area (Å²) in [6.45, 7) is 5.24. The maximum atomic E-state index is 13.0. The van der Waals surface area contributed by atoms with E-state index in [1.165, 1.54) is 0 Å². The maximum absolute atomic E-state index is 13.0. The molecular weight excluding hydrogens is 340 g/mol. The van der Waals surface area contributed by atoms with Gasteiger partial charge in [-0.1, -0.05) is 18.5 Å². The van der Waals surface area contributed by atoms with E-state index in [1.807, 2.05) is 24.0 Å². The summed E-state index contributed by atoms with van der Waals surface area (Å²) in [4.78, 5) is 35.3.